The number of nitrogens with one attached hydrogen (secondary N) is 1. The Kier molecular flexibility index (Phi) is 4.62. The molecule has 0 bridgehead atoms. The van der Waals surface area contributed by atoms with E-state index in [1.165, 1.54) is 18.3 Å². The number of H-pyrrole nitrogens is 1. The van der Waals surface area contributed by atoms with E-state index in [0.29, 0.717) is 11.1 Å². The first kappa shape index (κ1) is 18.8. The van der Waals surface area contributed by atoms with Crippen LogP contribution in [-0.2, 0) is 10.9 Å². The molecule has 0 saturated carbocycles. The van der Waals surface area contributed by atoms with Crippen molar-refractivity contribution in [2.75, 3.05) is 6.61 Å². The number of carbonyl (C=O) groups excluding carboxylic acids is 1. The van der Waals surface area contributed by atoms with Crippen LogP contribution < -0.4 is 0 Å². The lowest BCUT2D eigenvalue weighted by Crippen LogP contribution is -2.07. The molecule has 2 heterocycles. The molecule has 0 atom stereocenters. The Morgan fingerprint density at radius 2 is 1.90 bits per heavy atom. The number of ether oxygens (including phenoxy) is 1. The smallest absolute Gasteiger partial charge is 0.418 e. The minimum atomic E-state index is -4.51. The van der Waals surface area contributed by atoms with Crippen molar-refractivity contribution >= 4 is 16.9 Å². The van der Waals surface area contributed by atoms with Crippen LogP contribution in [-0.4, -0.2) is 22.5 Å². The predicted octanol–water partition coefficient (Wildman–Crippen LogP) is 5.69. The summed E-state index contributed by atoms with van der Waals surface area (Å²) < 4.78 is 50.8. The Morgan fingerprint density at radius 3 is 2.59 bits per heavy atom. The largest absolute Gasteiger partial charge is 0.461 e. The highest BCUT2D eigenvalue weighted by Crippen LogP contribution is 2.39. The van der Waals surface area contributed by atoms with Crippen LogP contribution in [0.3, 0.4) is 0 Å². The molecule has 0 aliphatic rings. The third-order valence-electron chi connectivity index (χ3n) is 4.39. The molecule has 0 aliphatic heterocycles. The molecule has 0 aliphatic carbocycles. The summed E-state index contributed by atoms with van der Waals surface area (Å²) in [5, 5.41) is 0.288. The normalized spacial score (nSPS) is 11.7. The summed E-state index contributed by atoms with van der Waals surface area (Å²) >= 11 is 0. The molecule has 0 radical (unpaired) electrons. The number of hydrogen-bond donors (Lipinski definition) is 1. The fraction of sp³-hybridized carbons (Fsp3) is 0.143. The number of benzene rings is 2. The van der Waals surface area contributed by atoms with Crippen molar-refractivity contribution in [1.82, 2.24) is 9.97 Å². The average molecular weight is 400 g/mol. The summed E-state index contributed by atoms with van der Waals surface area (Å²) in [6.07, 6.45) is -3.10. The number of carbonyl (C=O) groups is 1. The number of rotatable bonds is 4. The van der Waals surface area contributed by atoms with Gasteiger partial charge in [-0.25, -0.2) is 9.78 Å². The highest BCUT2D eigenvalue weighted by atomic mass is 19.4. The van der Waals surface area contributed by atoms with Gasteiger partial charge >= 0.3 is 12.1 Å². The van der Waals surface area contributed by atoms with E-state index >= 15 is 0 Å². The maximum Gasteiger partial charge on any atom is 0.418 e. The topological polar surface area (TPSA) is 68.1 Å². The molecule has 4 rings (SSSR count). The molecule has 4 aromatic rings. The average Bonchev–Trinajstić information content (AvgIpc) is 3.35. The Bertz CT molecular complexity index is 1180. The second-order valence-electron chi connectivity index (χ2n) is 6.21. The van der Waals surface area contributed by atoms with Crippen LogP contribution in [0, 0.1) is 0 Å². The molecule has 8 heteroatoms. The lowest BCUT2D eigenvalue weighted by molar-refractivity contribution is -0.136. The van der Waals surface area contributed by atoms with Crippen LogP contribution in [0.1, 0.15) is 23.0 Å². The van der Waals surface area contributed by atoms with E-state index in [-0.39, 0.29) is 34.9 Å². The quantitative estimate of drug-likeness (QED) is 0.447. The van der Waals surface area contributed by atoms with Crippen molar-refractivity contribution in [3.63, 3.8) is 0 Å². The fourth-order valence-electron chi connectivity index (χ4n) is 3.14. The summed E-state index contributed by atoms with van der Waals surface area (Å²) in [7, 11) is 0. The Balaban J connectivity index is 1.91. The van der Waals surface area contributed by atoms with E-state index < -0.39 is 17.7 Å². The van der Waals surface area contributed by atoms with Crippen LogP contribution in [0.15, 0.2) is 59.1 Å². The van der Waals surface area contributed by atoms with Gasteiger partial charge in [-0.15, -0.1) is 0 Å². The molecule has 2 aromatic heterocycles. The van der Waals surface area contributed by atoms with Gasteiger partial charge in [-0.05, 0) is 25.1 Å². The number of halogens is 3. The van der Waals surface area contributed by atoms with Gasteiger partial charge in [-0.2, -0.15) is 13.2 Å². The second-order valence-corrected chi connectivity index (χ2v) is 6.21. The number of fused-ring (bicyclic) bond motifs is 1. The molecular weight excluding hydrogens is 385 g/mol. The third-order valence-corrected chi connectivity index (χ3v) is 4.39. The fourth-order valence-corrected chi connectivity index (χ4v) is 3.14. The van der Waals surface area contributed by atoms with Gasteiger partial charge in [0.05, 0.1) is 17.7 Å². The van der Waals surface area contributed by atoms with Crippen LogP contribution in [0.25, 0.3) is 33.7 Å². The molecule has 0 saturated heterocycles. The summed E-state index contributed by atoms with van der Waals surface area (Å²) in [4.78, 5) is 19.3. The van der Waals surface area contributed by atoms with E-state index in [1.54, 1.807) is 31.2 Å². The monoisotopic (exact) mass is 400 g/mol. The number of alkyl halides is 3. The molecule has 0 spiro atoms. The van der Waals surface area contributed by atoms with Gasteiger partial charge < -0.3 is 14.1 Å². The summed E-state index contributed by atoms with van der Waals surface area (Å²) in [5.74, 6) is -0.438. The predicted molar refractivity (Wildman–Crippen MR) is 100 cm³/mol. The van der Waals surface area contributed by atoms with Gasteiger partial charge in [-0.1, -0.05) is 30.3 Å². The van der Waals surface area contributed by atoms with Crippen molar-refractivity contribution < 1.29 is 27.1 Å². The van der Waals surface area contributed by atoms with Crippen LogP contribution in [0.2, 0.25) is 0 Å². The van der Waals surface area contributed by atoms with E-state index in [1.807, 2.05) is 6.07 Å². The molecule has 1 N–H and O–H groups in total. The molecule has 148 valence electrons. The highest BCUT2D eigenvalue weighted by molar-refractivity contribution is 5.98. The molecule has 29 heavy (non-hydrogen) atoms. The molecule has 2 aromatic carbocycles. The molecule has 0 unspecified atom stereocenters. The number of aromatic nitrogens is 2. The standard InChI is InChI=1S/C21H15F3N2O3/c1-2-28-20(27)17-18(12-6-4-3-5-7-12)29-19(26-17)14-8-9-15(21(22,23)24)16-13(14)10-11-25-16/h3-11,25H,2H2,1H3. The number of nitrogens with zero attached hydrogens (tertiary/aromatic N) is 1. The number of esters is 1. The summed E-state index contributed by atoms with van der Waals surface area (Å²) in [6.45, 7) is 1.82. The van der Waals surface area contributed by atoms with Gasteiger partial charge in [0.15, 0.2) is 11.5 Å². The number of hydrogen-bond acceptors (Lipinski definition) is 4. The number of oxazole rings is 1. The summed E-state index contributed by atoms with van der Waals surface area (Å²) in [6, 6.07) is 12.6. The van der Waals surface area contributed by atoms with Crippen molar-refractivity contribution in [3.05, 3.63) is 66.0 Å². The molecule has 0 fully saturated rings. The van der Waals surface area contributed by atoms with Crippen molar-refractivity contribution in [3.8, 4) is 22.8 Å². The first-order valence-corrected chi connectivity index (χ1v) is 8.81. The Morgan fingerprint density at radius 1 is 1.14 bits per heavy atom. The summed E-state index contributed by atoms with van der Waals surface area (Å²) in [5.41, 5.74) is 0.0407. The SMILES string of the molecule is CCOC(=O)c1nc(-c2ccc(C(F)(F)F)c3[nH]ccc23)oc1-c1ccccc1. The Hall–Kier alpha value is -3.55. The van der Waals surface area contributed by atoms with E-state index in [0.717, 1.165) is 6.07 Å². The first-order chi connectivity index (χ1) is 13.9. The number of aromatic amines is 1. The minimum Gasteiger partial charge on any atom is -0.461 e. The van der Waals surface area contributed by atoms with Gasteiger partial charge in [0, 0.05) is 22.7 Å². The van der Waals surface area contributed by atoms with E-state index in [9.17, 15) is 18.0 Å². The lowest BCUT2D eigenvalue weighted by Gasteiger charge is -2.09. The zero-order valence-corrected chi connectivity index (χ0v) is 15.2. The van der Waals surface area contributed by atoms with Crippen LogP contribution in [0.4, 0.5) is 13.2 Å². The zero-order valence-electron chi connectivity index (χ0n) is 15.2. The zero-order chi connectivity index (χ0) is 20.6. The first-order valence-electron chi connectivity index (χ1n) is 8.81. The van der Waals surface area contributed by atoms with E-state index in [2.05, 4.69) is 9.97 Å². The van der Waals surface area contributed by atoms with Gasteiger partial charge in [0.25, 0.3) is 0 Å². The molecule has 0 amide bonds. The minimum absolute atomic E-state index is 0.0309. The van der Waals surface area contributed by atoms with Crippen molar-refractivity contribution in [2.24, 2.45) is 0 Å². The third kappa shape index (κ3) is 3.37. The maximum absolute atomic E-state index is 13.3. The van der Waals surface area contributed by atoms with Crippen LogP contribution >= 0.6 is 0 Å². The second kappa shape index (κ2) is 7.12. The van der Waals surface area contributed by atoms with Gasteiger partial charge in [-0.3, -0.25) is 0 Å². The van der Waals surface area contributed by atoms with E-state index in [4.69, 9.17) is 9.15 Å². The lowest BCUT2D eigenvalue weighted by atomic mass is 10.1. The highest BCUT2D eigenvalue weighted by Gasteiger charge is 2.34. The molecular formula is C21H15F3N2O3. The Labute approximate surface area is 163 Å². The van der Waals surface area contributed by atoms with Gasteiger partial charge in [0.1, 0.15) is 0 Å². The van der Waals surface area contributed by atoms with Gasteiger partial charge in [0.2, 0.25) is 5.89 Å². The maximum atomic E-state index is 13.3. The van der Waals surface area contributed by atoms with Crippen LogP contribution in [0.5, 0.6) is 0 Å². The van der Waals surface area contributed by atoms with Crippen molar-refractivity contribution in [2.45, 2.75) is 13.1 Å². The van der Waals surface area contributed by atoms with Crippen molar-refractivity contribution in [1.29, 1.82) is 0 Å². The molecule has 5 nitrogen and oxygen atoms in total.